The van der Waals surface area contributed by atoms with E-state index in [4.69, 9.17) is 4.74 Å². The lowest BCUT2D eigenvalue weighted by Gasteiger charge is -2.09. The van der Waals surface area contributed by atoms with Gasteiger partial charge in [-0.25, -0.2) is 0 Å². The van der Waals surface area contributed by atoms with E-state index < -0.39 is 0 Å². The summed E-state index contributed by atoms with van der Waals surface area (Å²) in [5, 5.41) is 5.61. The molecular formula is C13H21NOS. The molecule has 1 aromatic rings. The molecule has 0 aliphatic heterocycles. The van der Waals surface area contributed by atoms with Crippen LogP contribution in [0.5, 0.6) is 5.75 Å². The lowest BCUT2D eigenvalue weighted by molar-refractivity contribution is 0.409. The van der Waals surface area contributed by atoms with Gasteiger partial charge in [-0.1, -0.05) is 25.7 Å². The quantitative estimate of drug-likeness (QED) is 0.768. The van der Waals surface area contributed by atoms with Gasteiger partial charge in [0, 0.05) is 6.54 Å². The minimum Gasteiger partial charge on any atom is -0.496 e. The Balaban J connectivity index is 1.64. The zero-order chi connectivity index (χ0) is 11.2. The van der Waals surface area contributed by atoms with Crippen molar-refractivity contribution in [2.45, 2.75) is 38.6 Å². The van der Waals surface area contributed by atoms with Gasteiger partial charge in [-0.3, -0.25) is 0 Å². The maximum Gasteiger partial charge on any atom is 0.134 e. The molecule has 0 bridgehead atoms. The zero-order valence-corrected chi connectivity index (χ0v) is 10.8. The summed E-state index contributed by atoms with van der Waals surface area (Å²) in [5.41, 5.74) is 0. The van der Waals surface area contributed by atoms with Gasteiger partial charge < -0.3 is 10.1 Å². The van der Waals surface area contributed by atoms with E-state index in [2.05, 4.69) is 10.7 Å². The van der Waals surface area contributed by atoms with Crippen LogP contribution in [0.15, 0.2) is 11.4 Å². The minimum absolute atomic E-state index is 0.952. The first-order chi connectivity index (χ1) is 7.90. The van der Waals surface area contributed by atoms with E-state index in [1.165, 1.54) is 37.0 Å². The first kappa shape index (κ1) is 11.9. The van der Waals surface area contributed by atoms with Gasteiger partial charge in [-0.2, -0.15) is 0 Å². The average Bonchev–Trinajstić information content (AvgIpc) is 2.95. The topological polar surface area (TPSA) is 21.3 Å². The van der Waals surface area contributed by atoms with E-state index in [0.29, 0.717) is 0 Å². The highest BCUT2D eigenvalue weighted by molar-refractivity contribution is 7.10. The molecule has 1 N–H and O–H groups in total. The van der Waals surface area contributed by atoms with Gasteiger partial charge in [0.25, 0.3) is 0 Å². The standard InChI is InChI=1S/C13H21NOS/c1-15-12-7-9-16-13(12)10-14-8-6-11-4-2-3-5-11/h7,9,11,14H,2-6,8,10H2,1H3. The first-order valence-electron chi connectivity index (χ1n) is 6.21. The Bertz CT molecular complexity index is 305. The summed E-state index contributed by atoms with van der Waals surface area (Å²) in [6.45, 7) is 2.10. The summed E-state index contributed by atoms with van der Waals surface area (Å²) >= 11 is 1.77. The Morgan fingerprint density at radius 2 is 2.25 bits per heavy atom. The molecule has 3 heteroatoms. The predicted molar refractivity (Wildman–Crippen MR) is 69.2 cm³/mol. The molecule has 1 aliphatic rings. The molecule has 1 saturated carbocycles. The summed E-state index contributed by atoms with van der Waals surface area (Å²) in [7, 11) is 1.74. The molecule has 2 nitrogen and oxygen atoms in total. The first-order valence-corrected chi connectivity index (χ1v) is 7.09. The highest BCUT2D eigenvalue weighted by Crippen LogP contribution is 2.27. The molecule has 1 aromatic heterocycles. The third kappa shape index (κ3) is 3.22. The van der Waals surface area contributed by atoms with Crippen molar-refractivity contribution >= 4 is 11.3 Å². The molecule has 1 aliphatic carbocycles. The second-order valence-corrected chi connectivity index (χ2v) is 5.53. The van der Waals surface area contributed by atoms with Crippen LogP contribution in [-0.4, -0.2) is 13.7 Å². The Hall–Kier alpha value is -0.540. The van der Waals surface area contributed by atoms with Crippen molar-refractivity contribution in [3.63, 3.8) is 0 Å². The third-order valence-electron chi connectivity index (χ3n) is 3.41. The van der Waals surface area contributed by atoms with Crippen LogP contribution in [0, 0.1) is 5.92 Å². The van der Waals surface area contributed by atoms with Crippen molar-refractivity contribution in [2.75, 3.05) is 13.7 Å². The number of hydrogen-bond acceptors (Lipinski definition) is 3. The largest absolute Gasteiger partial charge is 0.496 e. The fourth-order valence-corrected chi connectivity index (χ4v) is 3.26. The molecule has 90 valence electrons. The molecule has 0 aromatic carbocycles. The molecule has 2 rings (SSSR count). The van der Waals surface area contributed by atoms with Gasteiger partial charge in [0.05, 0.1) is 12.0 Å². The van der Waals surface area contributed by atoms with Gasteiger partial charge in [-0.15, -0.1) is 11.3 Å². The number of ether oxygens (including phenoxy) is 1. The second-order valence-electron chi connectivity index (χ2n) is 4.53. The van der Waals surface area contributed by atoms with Crippen LogP contribution in [-0.2, 0) is 6.54 Å². The molecule has 0 radical (unpaired) electrons. The van der Waals surface area contributed by atoms with Crippen molar-refractivity contribution in [3.05, 3.63) is 16.3 Å². The van der Waals surface area contributed by atoms with Gasteiger partial charge >= 0.3 is 0 Å². The molecular weight excluding hydrogens is 218 g/mol. The summed E-state index contributed by atoms with van der Waals surface area (Å²) in [6, 6.07) is 2.04. The van der Waals surface area contributed by atoms with Crippen LogP contribution in [0.3, 0.4) is 0 Å². The van der Waals surface area contributed by atoms with Crippen molar-refractivity contribution in [1.82, 2.24) is 5.32 Å². The molecule has 0 amide bonds. The van der Waals surface area contributed by atoms with Crippen LogP contribution in [0.25, 0.3) is 0 Å². The molecule has 1 heterocycles. The van der Waals surface area contributed by atoms with E-state index in [0.717, 1.165) is 24.8 Å². The van der Waals surface area contributed by atoms with Crippen LogP contribution in [0.2, 0.25) is 0 Å². The number of rotatable bonds is 6. The molecule has 0 atom stereocenters. The van der Waals surface area contributed by atoms with Crippen LogP contribution < -0.4 is 10.1 Å². The van der Waals surface area contributed by atoms with Crippen molar-refractivity contribution in [1.29, 1.82) is 0 Å². The normalized spacial score (nSPS) is 16.8. The van der Waals surface area contributed by atoms with E-state index in [9.17, 15) is 0 Å². The molecule has 0 unspecified atom stereocenters. The van der Waals surface area contributed by atoms with Crippen molar-refractivity contribution in [2.24, 2.45) is 5.92 Å². The minimum atomic E-state index is 0.952. The highest BCUT2D eigenvalue weighted by Gasteiger charge is 2.14. The van der Waals surface area contributed by atoms with Gasteiger partial charge in [0.1, 0.15) is 5.75 Å². The van der Waals surface area contributed by atoms with Crippen molar-refractivity contribution < 1.29 is 4.74 Å². The number of hydrogen-bond donors (Lipinski definition) is 1. The number of methoxy groups -OCH3 is 1. The van der Waals surface area contributed by atoms with Gasteiger partial charge in [-0.05, 0) is 30.3 Å². The van der Waals surface area contributed by atoms with Crippen LogP contribution in [0.1, 0.15) is 37.0 Å². The van der Waals surface area contributed by atoms with Crippen LogP contribution >= 0.6 is 11.3 Å². The van der Waals surface area contributed by atoms with Crippen molar-refractivity contribution in [3.8, 4) is 5.75 Å². The van der Waals surface area contributed by atoms with E-state index in [1.807, 2.05) is 6.07 Å². The third-order valence-corrected chi connectivity index (χ3v) is 4.32. The SMILES string of the molecule is COc1ccsc1CNCCC1CCCC1. The molecule has 0 spiro atoms. The smallest absolute Gasteiger partial charge is 0.134 e. The monoisotopic (exact) mass is 239 g/mol. The van der Waals surface area contributed by atoms with E-state index in [-0.39, 0.29) is 0 Å². The lowest BCUT2D eigenvalue weighted by atomic mass is 10.0. The summed E-state index contributed by atoms with van der Waals surface area (Å²) < 4.78 is 5.29. The number of thiophene rings is 1. The number of nitrogens with one attached hydrogen (secondary N) is 1. The predicted octanol–water partition coefficient (Wildman–Crippen LogP) is 3.43. The average molecular weight is 239 g/mol. The second kappa shape index (κ2) is 6.26. The Morgan fingerprint density at radius 1 is 1.44 bits per heavy atom. The van der Waals surface area contributed by atoms with Gasteiger partial charge in [0.15, 0.2) is 0 Å². The highest BCUT2D eigenvalue weighted by atomic mass is 32.1. The van der Waals surface area contributed by atoms with Gasteiger partial charge in [0.2, 0.25) is 0 Å². The fourth-order valence-electron chi connectivity index (χ4n) is 2.45. The fraction of sp³-hybridized carbons (Fsp3) is 0.692. The molecule has 16 heavy (non-hydrogen) atoms. The Morgan fingerprint density at radius 3 is 3.00 bits per heavy atom. The Kier molecular flexibility index (Phi) is 4.67. The Labute approximate surface area is 102 Å². The maximum atomic E-state index is 5.29. The molecule has 1 fully saturated rings. The lowest BCUT2D eigenvalue weighted by Crippen LogP contribution is -2.16. The van der Waals surface area contributed by atoms with E-state index in [1.54, 1.807) is 18.4 Å². The zero-order valence-electron chi connectivity index (χ0n) is 10.00. The van der Waals surface area contributed by atoms with Crippen LogP contribution in [0.4, 0.5) is 0 Å². The maximum absolute atomic E-state index is 5.29. The van der Waals surface area contributed by atoms with E-state index >= 15 is 0 Å². The molecule has 0 saturated heterocycles. The summed E-state index contributed by atoms with van der Waals surface area (Å²) in [6.07, 6.45) is 7.13. The summed E-state index contributed by atoms with van der Waals surface area (Å²) in [4.78, 5) is 1.31. The summed E-state index contributed by atoms with van der Waals surface area (Å²) in [5.74, 6) is 2.01.